The third-order valence-corrected chi connectivity index (χ3v) is 3.10. The van der Waals surface area contributed by atoms with E-state index in [0.717, 1.165) is 16.7 Å². The molecule has 0 saturated carbocycles. The number of rotatable bonds is 5. The normalized spacial score (nSPS) is 10.5. The average Bonchev–Trinajstić information content (AvgIpc) is 2.96. The maximum Gasteiger partial charge on any atom is 0.320 e. The lowest BCUT2D eigenvalue weighted by Gasteiger charge is -2.08. The number of ether oxygens (including phenoxy) is 1. The quantitative estimate of drug-likeness (QED) is 0.707. The molecule has 0 atom stereocenters. The van der Waals surface area contributed by atoms with Gasteiger partial charge in [-0.2, -0.15) is 0 Å². The number of nitrogens with one attached hydrogen (secondary N) is 2. The summed E-state index contributed by atoms with van der Waals surface area (Å²) in [7, 11) is 0. The van der Waals surface area contributed by atoms with Crippen molar-refractivity contribution in [3.05, 3.63) is 48.4 Å². The van der Waals surface area contributed by atoms with Crippen LogP contribution in [-0.2, 0) is 0 Å². The number of fused-ring (bicyclic) bond motifs is 1. The van der Waals surface area contributed by atoms with Crippen molar-refractivity contribution in [2.75, 3.05) is 18.5 Å². The van der Waals surface area contributed by atoms with Gasteiger partial charge in [0.25, 0.3) is 0 Å². The molecule has 3 aromatic rings. The Morgan fingerprint density at radius 1 is 1.30 bits per heavy atom. The van der Waals surface area contributed by atoms with Gasteiger partial charge in [-0.1, -0.05) is 11.2 Å². The van der Waals surface area contributed by atoms with Gasteiger partial charge in [0.15, 0.2) is 5.82 Å². The lowest BCUT2D eigenvalue weighted by atomic mass is 10.2. The monoisotopic (exact) mass is 312 g/mol. The summed E-state index contributed by atoms with van der Waals surface area (Å²) in [6.07, 6.45) is 1.75. The summed E-state index contributed by atoms with van der Waals surface area (Å²) >= 11 is 0. The van der Waals surface area contributed by atoms with E-state index in [4.69, 9.17) is 9.26 Å². The minimum absolute atomic E-state index is 0.357. The third kappa shape index (κ3) is 3.97. The molecule has 0 aliphatic rings. The lowest BCUT2D eigenvalue weighted by molar-refractivity contribution is 0.247. The predicted octanol–water partition coefficient (Wildman–Crippen LogP) is 2.73. The summed E-state index contributed by atoms with van der Waals surface area (Å²) < 4.78 is 10.5. The van der Waals surface area contributed by atoms with Crippen LogP contribution in [0.15, 0.2) is 47.1 Å². The molecule has 0 fully saturated rings. The van der Waals surface area contributed by atoms with E-state index < -0.39 is 0 Å². The summed E-state index contributed by atoms with van der Waals surface area (Å²) in [4.78, 5) is 15.9. The molecular formula is C16H16N4O3. The van der Waals surface area contributed by atoms with Crippen molar-refractivity contribution >= 4 is 22.8 Å². The van der Waals surface area contributed by atoms with Crippen LogP contribution < -0.4 is 15.4 Å². The highest BCUT2D eigenvalue weighted by Gasteiger charge is 2.05. The second-order valence-corrected chi connectivity index (χ2v) is 4.91. The molecule has 2 aromatic heterocycles. The lowest BCUT2D eigenvalue weighted by Crippen LogP contribution is -2.32. The van der Waals surface area contributed by atoms with Crippen LogP contribution in [0.25, 0.3) is 10.9 Å². The van der Waals surface area contributed by atoms with Gasteiger partial charge in [-0.25, -0.2) is 4.79 Å². The first-order valence-electron chi connectivity index (χ1n) is 7.16. The van der Waals surface area contributed by atoms with E-state index >= 15 is 0 Å². The topological polar surface area (TPSA) is 89.3 Å². The second-order valence-electron chi connectivity index (χ2n) is 4.91. The van der Waals surface area contributed by atoms with E-state index in [1.807, 2.05) is 30.3 Å². The van der Waals surface area contributed by atoms with E-state index in [1.165, 1.54) is 0 Å². The van der Waals surface area contributed by atoms with Gasteiger partial charge in [0.05, 0.1) is 12.1 Å². The summed E-state index contributed by atoms with van der Waals surface area (Å²) in [5, 5.41) is 9.93. The molecule has 2 N–H and O–H groups in total. The van der Waals surface area contributed by atoms with Crippen molar-refractivity contribution in [3.63, 3.8) is 0 Å². The fourth-order valence-electron chi connectivity index (χ4n) is 2.06. The highest BCUT2D eigenvalue weighted by molar-refractivity contribution is 5.88. The Morgan fingerprint density at radius 3 is 3.04 bits per heavy atom. The Balaban J connectivity index is 1.44. The first kappa shape index (κ1) is 14.8. The van der Waals surface area contributed by atoms with Crippen LogP contribution >= 0.6 is 0 Å². The molecule has 23 heavy (non-hydrogen) atoms. The number of amides is 2. The Morgan fingerprint density at radius 2 is 2.22 bits per heavy atom. The van der Waals surface area contributed by atoms with E-state index in [0.29, 0.717) is 24.7 Å². The fourth-order valence-corrected chi connectivity index (χ4v) is 2.06. The molecule has 118 valence electrons. The summed E-state index contributed by atoms with van der Waals surface area (Å²) in [5.41, 5.74) is 0.917. The minimum Gasteiger partial charge on any atom is -0.492 e. The van der Waals surface area contributed by atoms with Gasteiger partial charge in [0.1, 0.15) is 18.1 Å². The molecule has 0 bridgehead atoms. The molecule has 7 heteroatoms. The number of nitrogens with zero attached hydrogens (tertiary/aromatic N) is 2. The number of carbonyl (C=O) groups excluding carboxylic acids is 1. The molecule has 3 rings (SSSR count). The maximum absolute atomic E-state index is 11.6. The molecule has 0 spiro atoms. The molecule has 2 heterocycles. The number of aromatic nitrogens is 2. The minimum atomic E-state index is -0.357. The van der Waals surface area contributed by atoms with E-state index in [2.05, 4.69) is 20.8 Å². The zero-order chi connectivity index (χ0) is 16.1. The van der Waals surface area contributed by atoms with Crippen LogP contribution in [0.5, 0.6) is 5.75 Å². The predicted molar refractivity (Wildman–Crippen MR) is 85.5 cm³/mol. The summed E-state index contributed by atoms with van der Waals surface area (Å²) in [6, 6.07) is 10.8. The van der Waals surface area contributed by atoms with Crippen molar-refractivity contribution in [2.45, 2.75) is 6.92 Å². The molecule has 1 aromatic carbocycles. The summed E-state index contributed by atoms with van der Waals surface area (Å²) in [5.74, 6) is 1.75. The Bertz CT molecular complexity index is 816. The third-order valence-electron chi connectivity index (χ3n) is 3.10. The molecule has 0 aliphatic carbocycles. The van der Waals surface area contributed by atoms with Crippen molar-refractivity contribution in [3.8, 4) is 5.75 Å². The van der Waals surface area contributed by atoms with Gasteiger partial charge in [-0.05, 0) is 31.2 Å². The first-order valence-corrected chi connectivity index (χ1v) is 7.16. The van der Waals surface area contributed by atoms with E-state index in [1.54, 1.807) is 19.2 Å². The van der Waals surface area contributed by atoms with Gasteiger partial charge in [-0.3, -0.25) is 10.3 Å². The number of hydrogen-bond donors (Lipinski definition) is 2. The van der Waals surface area contributed by atoms with Crippen LogP contribution in [0.1, 0.15) is 5.76 Å². The smallest absolute Gasteiger partial charge is 0.320 e. The van der Waals surface area contributed by atoms with Gasteiger partial charge in [-0.15, -0.1) is 0 Å². The van der Waals surface area contributed by atoms with Gasteiger partial charge >= 0.3 is 6.03 Å². The van der Waals surface area contributed by atoms with Gasteiger partial charge in [0, 0.05) is 17.6 Å². The Labute approximate surface area is 132 Å². The van der Waals surface area contributed by atoms with Crippen LogP contribution in [0, 0.1) is 6.92 Å². The Hall–Kier alpha value is -3.09. The van der Waals surface area contributed by atoms with Gasteiger partial charge in [0.2, 0.25) is 0 Å². The van der Waals surface area contributed by atoms with Crippen LogP contribution in [-0.4, -0.2) is 29.3 Å². The highest BCUT2D eigenvalue weighted by Crippen LogP contribution is 2.18. The van der Waals surface area contributed by atoms with Crippen molar-refractivity contribution in [2.24, 2.45) is 0 Å². The van der Waals surface area contributed by atoms with Crippen LogP contribution in [0.3, 0.4) is 0 Å². The van der Waals surface area contributed by atoms with E-state index in [9.17, 15) is 4.79 Å². The SMILES string of the molecule is Cc1cc(NC(=O)NCCOc2ccc3ncccc3c2)no1. The molecule has 0 radical (unpaired) electrons. The number of anilines is 1. The number of hydrogen-bond acceptors (Lipinski definition) is 5. The number of carbonyl (C=O) groups is 1. The number of aryl methyl sites for hydroxylation is 1. The number of pyridine rings is 1. The Kier molecular flexibility index (Phi) is 4.37. The van der Waals surface area contributed by atoms with Gasteiger partial charge < -0.3 is 14.6 Å². The number of benzene rings is 1. The average molecular weight is 312 g/mol. The molecule has 7 nitrogen and oxygen atoms in total. The molecule has 2 amide bonds. The highest BCUT2D eigenvalue weighted by atomic mass is 16.5. The zero-order valence-electron chi connectivity index (χ0n) is 12.6. The van der Waals surface area contributed by atoms with E-state index in [-0.39, 0.29) is 6.03 Å². The fraction of sp³-hybridized carbons (Fsp3) is 0.188. The van der Waals surface area contributed by atoms with Crippen molar-refractivity contribution in [1.82, 2.24) is 15.5 Å². The molecule has 0 saturated heterocycles. The number of urea groups is 1. The first-order chi connectivity index (χ1) is 11.2. The second kappa shape index (κ2) is 6.78. The molecule has 0 aliphatic heterocycles. The standard InChI is InChI=1S/C16H16N4O3/c1-11-9-15(20-23-11)19-16(21)18-7-8-22-13-4-5-14-12(10-13)3-2-6-17-14/h2-6,9-10H,7-8H2,1H3,(H2,18,19,20,21). The maximum atomic E-state index is 11.6. The molecule has 0 unspecified atom stereocenters. The van der Waals surface area contributed by atoms with Crippen molar-refractivity contribution < 1.29 is 14.1 Å². The van der Waals surface area contributed by atoms with Crippen molar-refractivity contribution in [1.29, 1.82) is 0 Å². The van der Waals surface area contributed by atoms with Crippen LogP contribution in [0.4, 0.5) is 10.6 Å². The van der Waals surface area contributed by atoms with Crippen LogP contribution in [0.2, 0.25) is 0 Å². The largest absolute Gasteiger partial charge is 0.492 e. The molecular weight excluding hydrogens is 296 g/mol. The zero-order valence-corrected chi connectivity index (χ0v) is 12.6. The summed E-state index contributed by atoms with van der Waals surface area (Å²) in [6.45, 7) is 2.48.